The second kappa shape index (κ2) is 8.14. The average molecular weight is 330 g/mol. The van der Waals surface area contributed by atoms with E-state index in [1.165, 1.54) is 6.21 Å². The van der Waals surface area contributed by atoms with Crippen LogP contribution in [0.25, 0.3) is 0 Å². The number of hydrogen-bond acceptors (Lipinski definition) is 5. The molecule has 0 unspecified atom stereocenters. The molecule has 0 bridgehead atoms. The highest BCUT2D eigenvalue weighted by Gasteiger charge is 2.09. The van der Waals surface area contributed by atoms with Gasteiger partial charge in [0, 0.05) is 17.7 Å². The number of ether oxygens (including phenoxy) is 2. The normalized spacial score (nSPS) is 10.8. The van der Waals surface area contributed by atoms with E-state index < -0.39 is 0 Å². The lowest BCUT2D eigenvalue weighted by Crippen LogP contribution is -2.18. The molecule has 1 heterocycles. The maximum absolute atomic E-state index is 11.9. The molecule has 24 heavy (non-hydrogen) atoms. The van der Waals surface area contributed by atoms with Crippen molar-refractivity contribution in [2.24, 2.45) is 5.10 Å². The third kappa shape index (κ3) is 4.34. The molecule has 0 aliphatic rings. The molecule has 1 amide bonds. The van der Waals surface area contributed by atoms with Gasteiger partial charge in [0.2, 0.25) is 5.91 Å². The first-order valence-electron chi connectivity index (χ1n) is 7.59. The quantitative estimate of drug-likeness (QED) is 0.601. The molecule has 0 radical (unpaired) electrons. The minimum atomic E-state index is -0.159. The molecule has 1 aromatic heterocycles. The van der Waals surface area contributed by atoms with Crippen molar-refractivity contribution < 1.29 is 14.3 Å². The summed E-state index contributed by atoms with van der Waals surface area (Å²) in [5.41, 5.74) is 6.23. The molecule has 2 N–H and O–H groups in total. The van der Waals surface area contributed by atoms with Gasteiger partial charge in [-0.05, 0) is 44.0 Å². The van der Waals surface area contributed by atoms with E-state index in [9.17, 15) is 4.79 Å². The molecule has 0 atom stereocenters. The zero-order valence-electron chi connectivity index (χ0n) is 14.3. The van der Waals surface area contributed by atoms with Crippen LogP contribution in [-0.2, 0) is 11.2 Å². The van der Waals surface area contributed by atoms with Crippen molar-refractivity contribution >= 4 is 12.1 Å². The number of H-pyrrole nitrogens is 1. The number of nitrogens with one attached hydrogen (secondary N) is 2. The third-order valence-electron chi connectivity index (χ3n) is 3.71. The molecule has 0 spiro atoms. The first-order chi connectivity index (χ1) is 11.5. The van der Waals surface area contributed by atoms with Crippen molar-refractivity contribution in [1.82, 2.24) is 15.6 Å². The van der Waals surface area contributed by atoms with Gasteiger partial charge in [0.15, 0.2) is 0 Å². The summed E-state index contributed by atoms with van der Waals surface area (Å²) >= 11 is 0. The number of amides is 1. The van der Waals surface area contributed by atoms with Crippen LogP contribution in [0.4, 0.5) is 0 Å². The van der Waals surface area contributed by atoms with Crippen LogP contribution in [0.1, 0.15) is 28.9 Å². The lowest BCUT2D eigenvalue weighted by molar-refractivity contribution is -0.121. The fourth-order valence-corrected chi connectivity index (χ4v) is 2.35. The Bertz CT molecular complexity index is 718. The summed E-state index contributed by atoms with van der Waals surface area (Å²) in [6.45, 7) is 3.87. The Hall–Kier alpha value is -2.83. The number of aromatic nitrogens is 2. The molecule has 1 aromatic carbocycles. The number of aromatic amines is 1. The van der Waals surface area contributed by atoms with Crippen LogP contribution in [0.5, 0.6) is 11.5 Å². The second-order valence-electron chi connectivity index (χ2n) is 5.31. The van der Waals surface area contributed by atoms with E-state index in [-0.39, 0.29) is 5.91 Å². The van der Waals surface area contributed by atoms with Crippen molar-refractivity contribution in [1.29, 1.82) is 0 Å². The Morgan fingerprint density at radius 2 is 2.12 bits per heavy atom. The zero-order chi connectivity index (χ0) is 17.5. The minimum Gasteiger partial charge on any atom is -0.497 e. The van der Waals surface area contributed by atoms with Crippen LogP contribution in [0.3, 0.4) is 0 Å². The Balaban J connectivity index is 1.93. The van der Waals surface area contributed by atoms with E-state index in [0.29, 0.717) is 24.3 Å². The summed E-state index contributed by atoms with van der Waals surface area (Å²) < 4.78 is 10.4. The van der Waals surface area contributed by atoms with E-state index in [0.717, 1.165) is 22.5 Å². The van der Waals surface area contributed by atoms with Gasteiger partial charge in [-0.25, -0.2) is 5.43 Å². The number of rotatable bonds is 7. The number of benzene rings is 1. The fraction of sp³-hybridized carbons (Fsp3) is 0.353. The van der Waals surface area contributed by atoms with Crippen LogP contribution in [0.2, 0.25) is 0 Å². The fourth-order valence-electron chi connectivity index (χ4n) is 2.35. The number of aryl methyl sites for hydroxylation is 2. The number of nitrogens with zero attached hydrogens (tertiary/aromatic N) is 2. The number of carbonyl (C=O) groups is 1. The van der Waals surface area contributed by atoms with Crippen molar-refractivity contribution in [3.8, 4) is 11.5 Å². The van der Waals surface area contributed by atoms with Crippen LogP contribution >= 0.6 is 0 Å². The number of hydrogen-bond donors (Lipinski definition) is 2. The second-order valence-corrected chi connectivity index (χ2v) is 5.31. The summed E-state index contributed by atoms with van der Waals surface area (Å²) in [5.74, 6) is 1.18. The molecular formula is C17H22N4O3. The number of carbonyl (C=O) groups excluding carboxylic acids is 1. The third-order valence-corrected chi connectivity index (χ3v) is 3.71. The van der Waals surface area contributed by atoms with E-state index in [4.69, 9.17) is 9.47 Å². The highest BCUT2D eigenvalue weighted by Crippen LogP contribution is 2.22. The summed E-state index contributed by atoms with van der Waals surface area (Å²) in [7, 11) is 3.16. The topological polar surface area (TPSA) is 88.6 Å². The summed E-state index contributed by atoms with van der Waals surface area (Å²) in [5, 5.41) is 11.0. The summed E-state index contributed by atoms with van der Waals surface area (Å²) in [4.78, 5) is 11.9. The van der Waals surface area contributed by atoms with Gasteiger partial charge in [-0.2, -0.15) is 10.2 Å². The highest BCUT2D eigenvalue weighted by molar-refractivity contribution is 5.85. The number of methoxy groups -OCH3 is 2. The summed E-state index contributed by atoms with van der Waals surface area (Å²) in [6.07, 6.45) is 2.50. The van der Waals surface area contributed by atoms with Gasteiger partial charge < -0.3 is 9.47 Å². The molecule has 0 saturated heterocycles. The largest absolute Gasteiger partial charge is 0.497 e. The molecule has 2 rings (SSSR count). The maximum Gasteiger partial charge on any atom is 0.240 e. The zero-order valence-corrected chi connectivity index (χ0v) is 14.3. The predicted octanol–water partition coefficient (Wildman–Crippen LogP) is 2.13. The molecule has 7 heteroatoms. The van der Waals surface area contributed by atoms with Crippen LogP contribution in [0, 0.1) is 13.8 Å². The Morgan fingerprint density at radius 1 is 1.33 bits per heavy atom. The van der Waals surface area contributed by atoms with E-state index >= 15 is 0 Å². The lowest BCUT2D eigenvalue weighted by Gasteiger charge is -2.06. The SMILES string of the molecule is COc1ccc(OC)c(C=NNC(=O)CCc2c(C)n[nH]c2C)c1. The molecular weight excluding hydrogens is 308 g/mol. The monoisotopic (exact) mass is 330 g/mol. The molecule has 0 aliphatic heterocycles. The average Bonchev–Trinajstić information content (AvgIpc) is 2.91. The van der Waals surface area contributed by atoms with Gasteiger partial charge in [0.05, 0.1) is 26.1 Å². The van der Waals surface area contributed by atoms with Crippen LogP contribution in [0.15, 0.2) is 23.3 Å². The van der Waals surface area contributed by atoms with E-state index in [1.807, 2.05) is 13.8 Å². The van der Waals surface area contributed by atoms with Crippen molar-refractivity contribution in [2.75, 3.05) is 14.2 Å². The van der Waals surface area contributed by atoms with Gasteiger partial charge in [0.1, 0.15) is 11.5 Å². The van der Waals surface area contributed by atoms with Crippen molar-refractivity contribution in [3.05, 3.63) is 40.7 Å². The van der Waals surface area contributed by atoms with Gasteiger partial charge in [-0.15, -0.1) is 0 Å². The van der Waals surface area contributed by atoms with Gasteiger partial charge >= 0.3 is 0 Å². The number of hydrazone groups is 1. The van der Waals surface area contributed by atoms with Gasteiger partial charge in [-0.1, -0.05) is 0 Å². The molecule has 2 aromatic rings. The smallest absolute Gasteiger partial charge is 0.240 e. The van der Waals surface area contributed by atoms with Crippen molar-refractivity contribution in [2.45, 2.75) is 26.7 Å². The highest BCUT2D eigenvalue weighted by atomic mass is 16.5. The molecule has 128 valence electrons. The van der Waals surface area contributed by atoms with Gasteiger partial charge in [0.25, 0.3) is 0 Å². The lowest BCUT2D eigenvalue weighted by atomic mass is 10.1. The predicted molar refractivity (Wildman–Crippen MR) is 91.7 cm³/mol. The van der Waals surface area contributed by atoms with Crippen molar-refractivity contribution in [3.63, 3.8) is 0 Å². The first kappa shape index (κ1) is 17.5. The molecule has 0 aliphatic carbocycles. The maximum atomic E-state index is 11.9. The minimum absolute atomic E-state index is 0.159. The van der Waals surface area contributed by atoms with Crippen LogP contribution in [-0.4, -0.2) is 36.5 Å². The van der Waals surface area contributed by atoms with E-state index in [1.54, 1.807) is 32.4 Å². The van der Waals surface area contributed by atoms with Gasteiger partial charge in [-0.3, -0.25) is 9.89 Å². The summed E-state index contributed by atoms with van der Waals surface area (Å²) in [6, 6.07) is 5.36. The first-order valence-corrected chi connectivity index (χ1v) is 7.59. The Kier molecular flexibility index (Phi) is 5.95. The Morgan fingerprint density at radius 3 is 2.75 bits per heavy atom. The molecule has 7 nitrogen and oxygen atoms in total. The standard InChI is InChI=1S/C17H22N4O3/c1-11-15(12(2)20-19-11)6-8-17(22)21-18-10-13-9-14(23-3)5-7-16(13)24-4/h5,7,9-10H,6,8H2,1-4H3,(H,19,20)(H,21,22). The molecule has 0 fully saturated rings. The van der Waals surface area contributed by atoms with Crippen LogP contribution < -0.4 is 14.9 Å². The molecule has 0 saturated carbocycles. The van der Waals surface area contributed by atoms with E-state index in [2.05, 4.69) is 20.7 Å². The Labute approximate surface area is 141 Å².